The Hall–Kier alpha value is -3.12. The van der Waals surface area contributed by atoms with E-state index in [0.29, 0.717) is 24.3 Å². The number of anilines is 1. The summed E-state index contributed by atoms with van der Waals surface area (Å²) in [5, 5.41) is 12.0. The van der Waals surface area contributed by atoms with Crippen molar-refractivity contribution >= 4 is 33.5 Å². The third-order valence-corrected chi connectivity index (χ3v) is 4.58. The molecule has 0 unspecified atom stereocenters. The van der Waals surface area contributed by atoms with Crippen LogP contribution in [0.25, 0.3) is 0 Å². The summed E-state index contributed by atoms with van der Waals surface area (Å²) in [4.78, 5) is 24.1. The summed E-state index contributed by atoms with van der Waals surface area (Å²) >= 11 is 3.36. The Morgan fingerprint density at radius 2 is 1.64 bits per heavy atom. The third-order valence-electron chi connectivity index (χ3n) is 4.08. The monoisotopic (exact) mass is 439 g/mol. The van der Waals surface area contributed by atoms with E-state index in [4.69, 9.17) is 4.74 Å². The molecule has 0 aromatic heterocycles. The van der Waals surface area contributed by atoms with Gasteiger partial charge in [-0.15, -0.1) is 0 Å². The van der Waals surface area contributed by atoms with Crippen molar-refractivity contribution in [1.29, 1.82) is 0 Å². The molecule has 0 fully saturated rings. The smallest absolute Gasteiger partial charge is 0.337 e. The predicted molar refractivity (Wildman–Crippen MR) is 111 cm³/mol. The van der Waals surface area contributed by atoms with Crippen LogP contribution in [0, 0.1) is 0 Å². The van der Waals surface area contributed by atoms with Crippen LogP contribution in [-0.2, 0) is 6.42 Å². The SMILES string of the molecule is O=C(O)c1ccccc1NC(=O)c1cc(Br)ccc1OCCc1ccccc1. The van der Waals surface area contributed by atoms with Crippen LogP contribution in [0.1, 0.15) is 26.3 Å². The van der Waals surface area contributed by atoms with E-state index < -0.39 is 11.9 Å². The van der Waals surface area contributed by atoms with Gasteiger partial charge in [-0.1, -0.05) is 58.4 Å². The van der Waals surface area contributed by atoms with Crippen molar-refractivity contribution in [3.05, 3.63) is 94.0 Å². The number of carbonyl (C=O) groups excluding carboxylic acids is 1. The van der Waals surface area contributed by atoms with Gasteiger partial charge in [0.1, 0.15) is 5.75 Å². The van der Waals surface area contributed by atoms with Crippen LogP contribution < -0.4 is 10.1 Å². The first-order valence-electron chi connectivity index (χ1n) is 8.64. The van der Waals surface area contributed by atoms with Gasteiger partial charge in [-0.05, 0) is 35.9 Å². The van der Waals surface area contributed by atoms with Gasteiger partial charge in [-0.3, -0.25) is 4.79 Å². The number of aromatic carboxylic acids is 1. The van der Waals surface area contributed by atoms with Crippen LogP contribution >= 0.6 is 15.9 Å². The van der Waals surface area contributed by atoms with Gasteiger partial charge in [-0.2, -0.15) is 0 Å². The topological polar surface area (TPSA) is 75.6 Å². The molecule has 3 rings (SSSR count). The molecule has 6 heteroatoms. The lowest BCUT2D eigenvalue weighted by Gasteiger charge is -2.13. The summed E-state index contributed by atoms with van der Waals surface area (Å²) in [5.74, 6) is -1.11. The van der Waals surface area contributed by atoms with Gasteiger partial charge in [0, 0.05) is 10.9 Å². The minimum absolute atomic E-state index is 0.0254. The summed E-state index contributed by atoms with van der Waals surface area (Å²) in [6.45, 7) is 0.414. The maximum absolute atomic E-state index is 12.8. The standard InChI is InChI=1S/C22H18BrNO4/c23-16-10-11-20(28-13-12-15-6-2-1-3-7-15)18(14-16)21(25)24-19-9-5-4-8-17(19)22(26)27/h1-11,14H,12-13H2,(H,24,25)(H,26,27). The maximum Gasteiger partial charge on any atom is 0.337 e. The van der Waals surface area contributed by atoms with Crippen molar-refractivity contribution in [3.8, 4) is 5.75 Å². The summed E-state index contributed by atoms with van der Waals surface area (Å²) in [5.41, 5.74) is 1.72. The number of carboxylic acids is 1. The highest BCUT2D eigenvalue weighted by Crippen LogP contribution is 2.25. The molecule has 0 saturated heterocycles. The first kappa shape index (κ1) is 19.6. The first-order valence-corrected chi connectivity index (χ1v) is 9.44. The van der Waals surface area contributed by atoms with Gasteiger partial charge >= 0.3 is 5.97 Å². The molecule has 0 aliphatic carbocycles. The summed E-state index contributed by atoms with van der Waals surface area (Å²) in [6, 6.07) is 21.3. The molecule has 5 nitrogen and oxygen atoms in total. The number of amides is 1. The van der Waals surface area contributed by atoms with E-state index in [1.807, 2.05) is 30.3 Å². The molecular formula is C22H18BrNO4. The molecule has 3 aromatic carbocycles. The highest BCUT2D eigenvalue weighted by molar-refractivity contribution is 9.10. The van der Waals surface area contributed by atoms with Crippen molar-refractivity contribution in [1.82, 2.24) is 0 Å². The van der Waals surface area contributed by atoms with Crippen LogP contribution in [0.5, 0.6) is 5.75 Å². The fourth-order valence-electron chi connectivity index (χ4n) is 2.70. The number of rotatable bonds is 7. The van der Waals surface area contributed by atoms with E-state index in [-0.39, 0.29) is 11.3 Å². The Bertz CT molecular complexity index is 989. The van der Waals surface area contributed by atoms with Crippen LogP contribution in [0.4, 0.5) is 5.69 Å². The third kappa shape index (κ3) is 4.98. The number of carboxylic acid groups (broad SMARTS) is 1. The average Bonchev–Trinajstić information content (AvgIpc) is 2.70. The molecule has 1 amide bonds. The van der Waals surface area contributed by atoms with Crippen molar-refractivity contribution in [2.75, 3.05) is 11.9 Å². The van der Waals surface area contributed by atoms with Gasteiger partial charge in [0.25, 0.3) is 5.91 Å². The highest BCUT2D eigenvalue weighted by Gasteiger charge is 2.17. The van der Waals surface area contributed by atoms with Crippen LogP contribution in [-0.4, -0.2) is 23.6 Å². The van der Waals surface area contributed by atoms with Crippen LogP contribution in [0.15, 0.2) is 77.3 Å². The van der Waals surface area contributed by atoms with Crippen molar-refractivity contribution in [2.24, 2.45) is 0 Å². The Morgan fingerprint density at radius 1 is 0.929 bits per heavy atom. The number of benzene rings is 3. The van der Waals surface area contributed by atoms with Crippen LogP contribution in [0.3, 0.4) is 0 Å². The number of para-hydroxylation sites is 1. The fourth-order valence-corrected chi connectivity index (χ4v) is 3.06. The molecular weight excluding hydrogens is 422 g/mol. The maximum atomic E-state index is 12.8. The van der Waals surface area contributed by atoms with Crippen molar-refractivity contribution in [3.63, 3.8) is 0 Å². The van der Waals surface area contributed by atoms with E-state index in [1.165, 1.54) is 6.07 Å². The highest BCUT2D eigenvalue weighted by atomic mass is 79.9. The lowest BCUT2D eigenvalue weighted by Crippen LogP contribution is -2.16. The fraction of sp³-hybridized carbons (Fsp3) is 0.0909. The molecule has 0 aliphatic rings. The lowest BCUT2D eigenvalue weighted by molar-refractivity contribution is 0.0698. The summed E-state index contributed by atoms with van der Waals surface area (Å²) in [6.07, 6.45) is 0.708. The van der Waals surface area contributed by atoms with E-state index in [2.05, 4.69) is 21.2 Å². The molecule has 3 aromatic rings. The van der Waals surface area contributed by atoms with Gasteiger partial charge in [0.2, 0.25) is 0 Å². The summed E-state index contributed by atoms with van der Waals surface area (Å²) < 4.78 is 6.56. The number of halogens is 1. The van der Waals surface area contributed by atoms with Crippen molar-refractivity contribution < 1.29 is 19.4 Å². The quantitative estimate of drug-likeness (QED) is 0.541. The normalized spacial score (nSPS) is 10.3. The molecule has 0 spiro atoms. The second-order valence-corrected chi connectivity index (χ2v) is 6.95. The zero-order valence-corrected chi connectivity index (χ0v) is 16.5. The van der Waals surface area contributed by atoms with Gasteiger partial charge in [0.15, 0.2) is 0 Å². The minimum Gasteiger partial charge on any atom is -0.492 e. The second kappa shape index (κ2) is 9.19. The van der Waals surface area contributed by atoms with Gasteiger partial charge in [0.05, 0.1) is 23.4 Å². The van der Waals surface area contributed by atoms with Gasteiger partial charge < -0.3 is 15.2 Å². The molecule has 2 N–H and O–H groups in total. The number of hydrogen-bond acceptors (Lipinski definition) is 3. The zero-order chi connectivity index (χ0) is 19.9. The Morgan fingerprint density at radius 3 is 2.39 bits per heavy atom. The Kier molecular flexibility index (Phi) is 6.45. The van der Waals surface area contributed by atoms with E-state index in [9.17, 15) is 14.7 Å². The van der Waals surface area contributed by atoms with E-state index in [1.54, 1.807) is 36.4 Å². The molecule has 0 bridgehead atoms. The largest absolute Gasteiger partial charge is 0.492 e. The van der Waals surface area contributed by atoms with Crippen molar-refractivity contribution in [2.45, 2.75) is 6.42 Å². The number of ether oxygens (including phenoxy) is 1. The zero-order valence-electron chi connectivity index (χ0n) is 14.9. The van der Waals surface area contributed by atoms with E-state index >= 15 is 0 Å². The summed E-state index contributed by atoms with van der Waals surface area (Å²) in [7, 11) is 0. The Balaban J connectivity index is 1.76. The number of carbonyl (C=O) groups is 2. The first-order chi connectivity index (χ1) is 13.5. The molecule has 0 atom stereocenters. The molecule has 0 radical (unpaired) electrons. The molecule has 0 saturated carbocycles. The second-order valence-electron chi connectivity index (χ2n) is 6.03. The van der Waals surface area contributed by atoms with Gasteiger partial charge in [-0.25, -0.2) is 4.79 Å². The average molecular weight is 440 g/mol. The lowest BCUT2D eigenvalue weighted by atomic mass is 10.1. The predicted octanol–water partition coefficient (Wildman–Crippen LogP) is 5.02. The number of nitrogens with one attached hydrogen (secondary N) is 1. The Labute approximate surface area is 171 Å². The number of hydrogen-bond donors (Lipinski definition) is 2. The molecule has 28 heavy (non-hydrogen) atoms. The van der Waals surface area contributed by atoms with E-state index in [0.717, 1.165) is 10.0 Å². The molecule has 0 aliphatic heterocycles. The molecule has 142 valence electrons. The van der Waals surface area contributed by atoms with Crippen LogP contribution in [0.2, 0.25) is 0 Å². The minimum atomic E-state index is -1.11. The molecule has 0 heterocycles.